The lowest BCUT2D eigenvalue weighted by Crippen LogP contribution is -2.19. The van der Waals surface area contributed by atoms with Gasteiger partial charge in [-0.3, -0.25) is 9.59 Å². The molecule has 2 aromatic carbocycles. The normalized spacial score (nSPS) is 15.3. The number of anilines is 1. The van der Waals surface area contributed by atoms with Crippen LogP contribution >= 0.6 is 11.3 Å². The molecule has 4 aromatic rings. The van der Waals surface area contributed by atoms with Crippen molar-refractivity contribution in [2.45, 2.75) is 33.1 Å². The van der Waals surface area contributed by atoms with Crippen LogP contribution in [0.25, 0.3) is 22.2 Å². The summed E-state index contributed by atoms with van der Waals surface area (Å²) in [5, 5.41) is 4.33. The lowest BCUT2D eigenvalue weighted by Gasteiger charge is -2.18. The largest absolute Gasteiger partial charge is 0.365 e. The first-order chi connectivity index (χ1) is 15.9. The zero-order chi connectivity index (χ0) is 23.1. The minimum Gasteiger partial charge on any atom is -0.365 e. The molecule has 5 nitrogen and oxygen atoms in total. The molecule has 0 bridgehead atoms. The van der Waals surface area contributed by atoms with Gasteiger partial charge in [-0.15, -0.1) is 11.3 Å². The Kier molecular flexibility index (Phi) is 5.46. The molecule has 0 aliphatic heterocycles. The van der Waals surface area contributed by atoms with E-state index >= 15 is 0 Å². The lowest BCUT2D eigenvalue weighted by atomic mass is 9.88. The highest BCUT2D eigenvalue weighted by Gasteiger charge is 2.28. The van der Waals surface area contributed by atoms with Gasteiger partial charge in [0.15, 0.2) is 0 Å². The molecule has 0 saturated heterocycles. The summed E-state index contributed by atoms with van der Waals surface area (Å²) in [5.74, 6) is -0.198. The number of primary amides is 1. The van der Waals surface area contributed by atoms with Gasteiger partial charge in [0.25, 0.3) is 11.8 Å². The molecular weight excluding hydrogens is 430 g/mol. The predicted molar refractivity (Wildman–Crippen MR) is 134 cm³/mol. The van der Waals surface area contributed by atoms with Crippen LogP contribution in [0.3, 0.4) is 0 Å². The van der Waals surface area contributed by atoms with E-state index in [1.807, 2.05) is 61.5 Å². The lowest BCUT2D eigenvalue weighted by molar-refractivity contribution is 0.1000. The topological polar surface area (TPSA) is 85.1 Å². The second kappa shape index (κ2) is 8.45. The fourth-order valence-electron chi connectivity index (χ4n) is 4.63. The highest BCUT2D eigenvalue weighted by Crippen LogP contribution is 2.40. The van der Waals surface area contributed by atoms with E-state index in [0.29, 0.717) is 22.0 Å². The smallest absolute Gasteiger partial charge is 0.257 e. The molecule has 5 rings (SSSR count). The predicted octanol–water partition coefficient (Wildman–Crippen LogP) is 5.75. The number of carbonyl (C=O) groups excluding carboxylic acids is 2. The van der Waals surface area contributed by atoms with Crippen LogP contribution in [0.1, 0.15) is 50.1 Å². The minimum absolute atomic E-state index is 0.266. The summed E-state index contributed by atoms with van der Waals surface area (Å²) in [6.45, 7) is 4.24. The summed E-state index contributed by atoms with van der Waals surface area (Å²) in [4.78, 5) is 31.8. The summed E-state index contributed by atoms with van der Waals surface area (Å²) < 4.78 is 0. The summed E-state index contributed by atoms with van der Waals surface area (Å²) in [6.07, 6.45) is 2.74. The molecular formula is C27H25N3O2S. The van der Waals surface area contributed by atoms with Gasteiger partial charge in [0, 0.05) is 15.8 Å². The van der Waals surface area contributed by atoms with Gasteiger partial charge in [-0.1, -0.05) is 49.4 Å². The summed E-state index contributed by atoms with van der Waals surface area (Å²) in [7, 11) is 0. The van der Waals surface area contributed by atoms with E-state index in [1.54, 1.807) is 0 Å². The molecule has 1 unspecified atom stereocenters. The third-order valence-corrected chi connectivity index (χ3v) is 7.54. The number of fused-ring (bicyclic) bond motifs is 2. The van der Waals surface area contributed by atoms with Crippen molar-refractivity contribution in [2.75, 3.05) is 5.32 Å². The Morgan fingerprint density at radius 1 is 1.12 bits per heavy atom. The van der Waals surface area contributed by atoms with E-state index in [2.05, 4.69) is 12.2 Å². The van der Waals surface area contributed by atoms with Gasteiger partial charge >= 0.3 is 0 Å². The van der Waals surface area contributed by atoms with Crippen molar-refractivity contribution >= 4 is 39.1 Å². The Balaban J connectivity index is 1.60. The number of nitrogens with two attached hydrogens (primary N) is 1. The average molecular weight is 456 g/mol. The van der Waals surface area contributed by atoms with Crippen LogP contribution in [0, 0.1) is 12.8 Å². The van der Waals surface area contributed by atoms with Crippen LogP contribution in [0.5, 0.6) is 0 Å². The number of hydrogen-bond donors (Lipinski definition) is 2. The van der Waals surface area contributed by atoms with Gasteiger partial charge < -0.3 is 11.1 Å². The Morgan fingerprint density at radius 3 is 2.67 bits per heavy atom. The number of benzene rings is 2. The number of nitrogens with one attached hydrogen (secondary N) is 1. The first-order valence-electron chi connectivity index (χ1n) is 11.1. The van der Waals surface area contributed by atoms with E-state index < -0.39 is 5.91 Å². The number of pyridine rings is 1. The van der Waals surface area contributed by atoms with Crippen LogP contribution in [0.15, 0.2) is 54.6 Å². The Hall–Kier alpha value is -3.51. The molecule has 0 fully saturated rings. The van der Waals surface area contributed by atoms with Gasteiger partial charge in [-0.25, -0.2) is 4.98 Å². The van der Waals surface area contributed by atoms with E-state index in [1.165, 1.54) is 11.3 Å². The maximum Gasteiger partial charge on any atom is 0.257 e. The Morgan fingerprint density at radius 2 is 1.88 bits per heavy atom. The molecule has 0 saturated carbocycles. The Labute approximate surface area is 196 Å². The standard InChI is InChI=1S/C27H25N3O2S/c1-15-11-12-19-23(13-15)33-27(24(19)25(28)31)30-26(32)20-14-22(17-8-4-3-7-16(17)2)29-21-10-6-5-9-18(20)21/h3-10,14-15H,11-13H2,1-2H3,(H2,28,31)(H,30,32). The van der Waals surface area contributed by atoms with E-state index in [-0.39, 0.29) is 5.91 Å². The maximum absolute atomic E-state index is 13.6. The monoisotopic (exact) mass is 455 g/mol. The quantitative estimate of drug-likeness (QED) is 0.411. The molecule has 0 spiro atoms. The molecule has 1 atom stereocenters. The first kappa shape index (κ1) is 21.3. The van der Waals surface area contributed by atoms with Crippen molar-refractivity contribution in [1.82, 2.24) is 4.98 Å². The molecule has 2 aromatic heterocycles. The van der Waals surface area contributed by atoms with Gasteiger partial charge in [-0.2, -0.15) is 0 Å². The van der Waals surface area contributed by atoms with E-state index in [9.17, 15) is 9.59 Å². The van der Waals surface area contributed by atoms with Crippen molar-refractivity contribution < 1.29 is 9.59 Å². The van der Waals surface area contributed by atoms with Crippen LogP contribution in [0.4, 0.5) is 5.00 Å². The zero-order valence-electron chi connectivity index (χ0n) is 18.6. The van der Waals surface area contributed by atoms with Gasteiger partial charge in [0.1, 0.15) is 5.00 Å². The van der Waals surface area contributed by atoms with Crippen molar-refractivity contribution in [3.63, 3.8) is 0 Å². The second-order valence-corrected chi connectivity index (χ2v) is 9.87. The van der Waals surface area contributed by atoms with Crippen molar-refractivity contribution in [3.8, 4) is 11.3 Å². The average Bonchev–Trinajstić information content (AvgIpc) is 3.15. The Bertz CT molecular complexity index is 1410. The number of thiophene rings is 1. The van der Waals surface area contributed by atoms with Crippen LogP contribution in [-0.2, 0) is 12.8 Å². The van der Waals surface area contributed by atoms with Crippen molar-refractivity contribution in [3.05, 3.63) is 81.7 Å². The summed E-state index contributed by atoms with van der Waals surface area (Å²) in [5.41, 5.74) is 11.3. The third-order valence-electron chi connectivity index (χ3n) is 6.37. The highest BCUT2D eigenvalue weighted by molar-refractivity contribution is 7.17. The molecule has 2 amide bonds. The van der Waals surface area contributed by atoms with Gasteiger partial charge in [-0.05, 0) is 55.4 Å². The first-order valence-corrected chi connectivity index (χ1v) is 12.0. The maximum atomic E-state index is 13.6. The molecule has 1 aliphatic rings. The fourth-order valence-corrected chi connectivity index (χ4v) is 6.04. The molecule has 0 radical (unpaired) electrons. The van der Waals surface area contributed by atoms with Gasteiger partial charge in [0.05, 0.1) is 22.3 Å². The number of rotatable bonds is 4. The molecule has 6 heteroatoms. The van der Waals surface area contributed by atoms with Gasteiger partial charge in [0.2, 0.25) is 0 Å². The summed E-state index contributed by atoms with van der Waals surface area (Å²) >= 11 is 1.48. The molecule has 2 heterocycles. The SMILES string of the molecule is Cc1ccccc1-c1cc(C(=O)Nc2sc3c(c2C(N)=O)CCC(C)C3)c2ccccc2n1. The molecule has 166 valence electrons. The van der Waals surface area contributed by atoms with Crippen molar-refractivity contribution in [1.29, 1.82) is 0 Å². The number of aryl methyl sites for hydroxylation is 1. The number of para-hydroxylation sites is 1. The van der Waals surface area contributed by atoms with E-state index in [4.69, 9.17) is 10.7 Å². The number of nitrogens with zero attached hydrogens (tertiary/aromatic N) is 1. The fraction of sp³-hybridized carbons (Fsp3) is 0.222. The number of aromatic nitrogens is 1. The molecule has 33 heavy (non-hydrogen) atoms. The molecule has 1 aliphatic carbocycles. The van der Waals surface area contributed by atoms with Crippen molar-refractivity contribution in [2.24, 2.45) is 11.7 Å². The van der Waals surface area contributed by atoms with Crippen LogP contribution < -0.4 is 11.1 Å². The second-order valence-electron chi connectivity index (χ2n) is 8.76. The minimum atomic E-state index is -0.488. The number of amides is 2. The van der Waals surface area contributed by atoms with E-state index in [0.717, 1.165) is 57.4 Å². The highest BCUT2D eigenvalue weighted by atomic mass is 32.1. The number of hydrogen-bond acceptors (Lipinski definition) is 4. The van der Waals surface area contributed by atoms with Crippen LogP contribution in [0.2, 0.25) is 0 Å². The van der Waals surface area contributed by atoms with Crippen LogP contribution in [-0.4, -0.2) is 16.8 Å². The summed E-state index contributed by atoms with van der Waals surface area (Å²) in [6, 6.07) is 17.4. The molecule has 3 N–H and O–H groups in total. The third kappa shape index (κ3) is 3.91. The zero-order valence-corrected chi connectivity index (χ0v) is 19.5. The number of carbonyl (C=O) groups is 2.